The van der Waals surface area contributed by atoms with Crippen molar-refractivity contribution in [3.05, 3.63) is 0 Å². The second kappa shape index (κ2) is 8.02. The molecule has 1 aromatic heterocycles. The summed E-state index contributed by atoms with van der Waals surface area (Å²) in [6.45, 7) is 0.264. The minimum absolute atomic E-state index is 0.0417. The third-order valence-electron chi connectivity index (χ3n) is 2.03. The Kier molecular flexibility index (Phi) is 7.43. The molecule has 0 radical (unpaired) electrons. The van der Waals surface area contributed by atoms with Crippen molar-refractivity contribution in [2.75, 3.05) is 37.0 Å². The molecular formula is C8H19N6O6P. The van der Waals surface area contributed by atoms with Gasteiger partial charge in [-0.2, -0.15) is 15.0 Å². The fourth-order valence-corrected chi connectivity index (χ4v) is 1.29. The molecule has 0 aliphatic carbocycles. The van der Waals surface area contributed by atoms with Crippen molar-refractivity contribution in [3.63, 3.8) is 0 Å². The van der Waals surface area contributed by atoms with E-state index in [9.17, 15) is 4.57 Å². The second-order valence-corrected chi connectivity index (χ2v) is 5.54. The first-order valence-corrected chi connectivity index (χ1v) is 6.98. The lowest BCUT2D eigenvalue weighted by atomic mass is 9.95. The summed E-state index contributed by atoms with van der Waals surface area (Å²) in [6, 6.07) is 0. The summed E-state index contributed by atoms with van der Waals surface area (Å²) in [6.07, 6.45) is 0. The maximum atomic E-state index is 10.2. The van der Waals surface area contributed by atoms with Gasteiger partial charge in [-0.05, 0) is 0 Å². The van der Waals surface area contributed by atoms with E-state index in [4.69, 9.17) is 37.2 Å². The standard InChI is InChI=1S/C5H13O6P.C3H6N6/c1-5(2-6,3-7)4-11-12(8,9)10;4-1-7-2(5)9-3(6)8-1/h6-7H,2-4H2,1H3,(H2,8,9,10);(H6,4,5,6,7,8,9). The predicted octanol–water partition coefficient (Wildman–Crippen LogP) is -2.30. The van der Waals surface area contributed by atoms with Crippen molar-refractivity contribution in [2.24, 2.45) is 5.41 Å². The first-order valence-electron chi connectivity index (χ1n) is 5.45. The Morgan fingerprint density at radius 1 is 1.05 bits per heavy atom. The fourth-order valence-electron chi connectivity index (χ4n) is 0.808. The molecule has 0 aliphatic rings. The van der Waals surface area contributed by atoms with Crippen LogP contribution < -0.4 is 17.2 Å². The molecule has 0 unspecified atom stereocenters. The monoisotopic (exact) mass is 326 g/mol. The van der Waals surface area contributed by atoms with Gasteiger partial charge in [0.15, 0.2) is 0 Å². The molecule has 0 aromatic carbocycles. The molecule has 0 amide bonds. The van der Waals surface area contributed by atoms with Gasteiger partial charge in [0, 0.05) is 5.41 Å². The molecule has 0 saturated heterocycles. The summed E-state index contributed by atoms with van der Waals surface area (Å²) in [5.41, 5.74) is 14.4. The van der Waals surface area contributed by atoms with Gasteiger partial charge in [-0.1, -0.05) is 6.92 Å². The van der Waals surface area contributed by atoms with Crippen molar-refractivity contribution in [2.45, 2.75) is 6.92 Å². The summed E-state index contributed by atoms with van der Waals surface area (Å²) in [5, 5.41) is 17.4. The SMILES string of the molecule is CC(CO)(CO)COP(=O)(O)O.Nc1nc(N)nc(N)n1. The molecule has 1 rings (SSSR count). The van der Waals surface area contributed by atoms with Gasteiger partial charge in [0.05, 0.1) is 19.8 Å². The summed E-state index contributed by atoms with van der Waals surface area (Å²) in [7, 11) is -4.51. The van der Waals surface area contributed by atoms with Gasteiger partial charge in [0.2, 0.25) is 17.8 Å². The lowest BCUT2D eigenvalue weighted by Gasteiger charge is -2.23. The topological polar surface area (TPSA) is 224 Å². The van der Waals surface area contributed by atoms with Crippen LogP contribution in [0.4, 0.5) is 17.8 Å². The Labute approximate surface area is 120 Å². The lowest BCUT2D eigenvalue weighted by molar-refractivity contribution is 0.0187. The molecule has 122 valence electrons. The number of hydrogen-bond donors (Lipinski definition) is 7. The number of rotatable bonds is 5. The van der Waals surface area contributed by atoms with Gasteiger partial charge in [0.1, 0.15) is 0 Å². The molecular weight excluding hydrogens is 307 g/mol. The number of aliphatic hydroxyl groups excluding tert-OH is 2. The second-order valence-electron chi connectivity index (χ2n) is 4.30. The van der Waals surface area contributed by atoms with Gasteiger partial charge in [-0.3, -0.25) is 4.52 Å². The average molecular weight is 326 g/mol. The number of aromatic nitrogens is 3. The van der Waals surface area contributed by atoms with Crippen molar-refractivity contribution < 1.29 is 29.1 Å². The molecule has 1 heterocycles. The highest BCUT2D eigenvalue weighted by Crippen LogP contribution is 2.37. The van der Waals surface area contributed by atoms with E-state index in [0.717, 1.165) is 0 Å². The van der Waals surface area contributed by atoms with Gasteiger partial charge in [-0.25, -0.2) is 4.57 Å². The van der Waals surface area contributed by atoms with Crippen molar-refractivity contribution in [1.82, 2.24) is 15.0 Å². The van der Waals surface area contributed by atoms with Gasteiger partial charge >= 0.3 is 7.82 Å². The van der Waals surface area contributed by atoms with Gasteiger partial charge in [0.25, 0.3) is 0 Å². The van der Waals surface area contributed by atoms with Gasteiger partial charge in [-0.15, -0.1) is 0 Å². The summed E-state index contributed by atoms with van der Waals surface area (Å²) in [5.74, 6) is 0.125. The number of nitrogens with two attached hydrogens (primary N) is 3. The molecule has 0 fully saturated rings. The van der Waals surface area contributed by atoms with E-state index < -0.39 is 26.5 Å². The average Bonchev–Trinajstić information content (AvgIpc) is 2.34. The number of anilines is 3. The molecule has 1 aromatic rings. The van der Waals surface area contributed by atoms with Crippen molar-refractivity contribution in [1.29, 1.82) is 0 Å². The Bertz CT molecular complexity index is 442. The number of phosphoric acid groups is 1. The quantitative estimate of drug-likeness (QED) is 0.284. The highest BCUT2D eigenvalue weighted by molar-refractivity contribution is 7.46. The number of nitrogen functional groups attached to an aromatic ring is 3. The van der Waals surface area contributed by atoms with Crippen LogP contribution in [-0.2, 0) is 9.09 Å². The maximum Gasteiger partial charge on any atom is 0.469 e. The maximum absolute atomic E-state index is 10.2. The molecule has 10 N–H and O–H groups in total. The number of phosphoric ester groups is 1. The Morgan fingerprint density at radius 2 is 1.38 bits per heavy atom. The van der Waals surface area contributed by atoms with Gasteiger partial charge < -0.3 is 37.2 Å². The molecule has 13 heteroatoms. The smallest absolute Gasteiger partial charge is 0.396 e. The molecule has 0 atom stereocenters. The first-order chi connectivity index (χ1) is 9.51. The van der Waals surface area contributed by atoms with Crippen LogP contribution in [0.2, 0.25) is 0 Å². The number of nitrogens with zero attached hydrogens (tertiary/aromatic N) is 3. The van der Waals surface area contributed by atoms with E-state index in [1.807, 2.05) is 0 Å². The van der Waals surface area contributed by atoms with E-state index >= 15 is 0 Å². The third-order valence-corrected chi connectivity index (χ3v) is 2.50. The Morgan fingerprint density at radius 3 is 1.62 bits per heavy atom. The Balaban J connectivity index is 0.000000394. The molecule has 0 bridgehead atoms. The zero-order chi connectivity index (χ0) is 16.7. The van der Waals surface area contributed by atoms with Crippen LogP contribution >= 0.6 is 7.82 Å². The lowest BCUT2D eigenvalue weighted by Crippen LogP contribution is -2.31. The number of hydrogen-bond acceptors (Lipinski definition) is 10. The zero-order valence-electron chi connectivity index (χ0n) is 11.2. The summed E-state index contributed by atoms with van der Waals surface area (Å²) in [4.78, 5) is 27.1. The fraction of sp³-hybridized carbons (Fsp3) is 0.625. The highest BCUT2D eigenvalue weighted by atomic mass is 31.2. The van der Waals surface area contributed by atoms with E-state index in [-0.39, 0.29) is 24.5 Å². The minimum atomic E-state index is -4.51. The highest BCUT2D eigenvalue weighted by Gasteiger charge is 2.27. The third kappa shape index (κ3) is 9.07. The summed E-state index contributed by atoms with van der Waals surface area (Å²) < 4.78 is 14.3. The van der Waals surface area contributed by atoms with Crippen LogP contribution in [0.5, 0.6) is 0 Å². The summed E-state index contributed by atoms with van der Waals surface area (Å²) >= 11 is 0. The van der Waals surface area contributed by atoms with Crippen LogP contribution in [0.25, 0.3) is 0 Å². The molecule has 0 spiro atoms. The molecule has 12 nitrogen and oxygen atoms in total. The van der Waals surface area contributed by atoms with E-state index in [2.05, 4.69) is 19.5 Å². The molecule has 0 saturated carbocycles. The number of aliphatic hydroxyl groups is 2. The normalized spacial score (nSPS) is 11.7. The first kappa shape index (κ1) is 19.4. The van der Waals surface area contributed by atoms with Crippen molar-refractivity contribution in [3.8, 4) is 0 Å². The Hall–Kier alpha value is -1.56. The van der Waals surface area contributed by atoms with Crippen molar-refractivity contribution >= 4 is 25.7 Å². The minimum Gasteiger partial charge on any atom is -0.396 e. The van der Waals surface area contributed by atoms with E-state index in [0.29, 0.717) is 0 Å². The largest absolute Gasteiger partial charge is 0.469 e. The molecule has 21 heavy (non-hydrogen) atoms. The van der Waals surface area contributed by atoms with Crippen LogP contribution in [0.1, 0.15) is 6.92 Å². The van der Waals surface area contributed by atoms with Crippen LogP contribution in [0.3, 0.4) is 0 Å². The van der Waals surface area contributed by atoms with Crippen LogP contribution in [0, 0.1) is 5.41 Å². The van der Waals surface area contributed by atoms with E-state index in [1.165, 1.54) is 6.92 Å². The predicted molar refractivity (Wildman–Crippen MR) is 73.3 cm³/mol. The van der Waals surface area contributed by atoms with Crippen LogP contribution in [0.15, 0.2) is 0 Å². The van der Waals surface area contributed by atoms with Crippen LogP contribution in [-0.4, -0.2) is 54.8 Å². The molecule has 0 aliphatic heterocycles. The van der Waals surface area contributed by atoms with E-state index in [1.54, 1.807) is 0 Å². The zero-order valence-corrected chi connectivity index (χ0v) is 12.1.